The van der Waals surface area contributed by atoms with Crippen LogP contribution in [0.25, 0.3) is 0 Å². The van der Waals surface area contributed by atoms with Crippen LogP contribution < -0.4 is 10.6 Å². The minimum absolute atomic E-state index is 0.137. The molecule has 2 aromatic rings. The van der Waals surface area contributed by atoms with Gasteiger partial charge in [-0.1, -0.05) is 54.6 Å². The third-order valence-electron chi connectivity index (χ3n) is 7.64. The molecule has 0 radical (unpaired) electrons. The van der Waals surface area contributed by atoms with Gasteiger partial charge in [-0.25, -0.2) is 4.79 Å². The summed E-state index contributed by atoms with van der Waals surface area (Å²) in [6, 6.07) is 15.6. The Balaban J connectivity index is 1.46. The van der Waals surface area contributed by atoms with Gasteiger partial charge in [-0.2, -0.15) is 0 Å². The summed E-state index contributed by atoms with van der Waals surface area (Å²) in [6.45, 7) is 6.86. The zero-order valence-electron chi connectivity index (χ0n) is 24.4. The standard InChI is InChI=1S/C31H41N3O7S/c1-21-9-7-8-12-23(21)17-32-28(36)27-31(2,3)42-19-34(27)29(37)26(35)25(14-13-22-10-5-4-6-11-22)33-30(38)41-24-15-16-39-20-40-18-24/h4-12,24-27,35H,13-20H2,1-3H3,(H,32,36)(H,33,38)/t24-,25+,26+,27-/m1/s1. The quantitative estimate of drug-likeness (QED) is 0.380. The highest BCUT2D eigenvalue weighted by Gasteiger charge is 2.49. The maximum atomic E-state index is 13.8. The van der Waals surface area contributed by atoms with E-state index in [0.717, 1.165) is 16.7 Å². The number of ether oxygens (including phenoxy) is 3. The molecule has 3 N–H and O–H groups in total. The number of thioether (sulfide) groups is 1. The van der Waals surface area contributed by atoms with Crippen LogP contribution in [0, 0.1) is 6.92 Å². The molecule has 0 aromatic heterocycles. The molecule has 228 valence electrons. The molecule has 0 spiro atoms. The van der Waals surface area contributed by atoms with E-state index in [1.54, 1.807) is 0 Å². The van der Waals surface area contributed by atoms with Crippen molar-refractivity contribution >= 4 is 29.7 Å². The van der Waals surface area contributed by atoms with Crippen molar-refractivity contribution < 1.29 is 33.7 Å². The van der Waals surface area contributed by atoms with Gasteiger partial charge in [-0.15, -0.1) is 11.8 Å². The Hall–Kier alpha value is -3.12. The second-order valence-electron chi connectivity index (χ2n) is 11.2. The van der Waals surface area contributed by atoms with E-state index in [9.17, 15) is 19.5 Å². The molecule has 4 rings (SSSR count). The molecule has 42 heavy (non-hydrogen) atoms. The lowest BCUT2D eigenvalue weighted by molar-refractivity contribution is -0.147. The van der Waals surface area contributed by atoms with Crippen LogP contribution in [-0.2, 0) is 36.8 Å². The van der Waals surface area contributed by atoms with E-state index in [-0.39, 0.29) is 31.6 Å². The van der Waals surface area contributed by atoms with Gasteiger partial charge in [0.1, 0.15) is 18.9 Å². The van der Waals surface area contributed by atoms with Crippen molar-refractivity contribution in [3.63, 3.8) is 0 Å². The fourth-order valence-corrected chi connectivity index (χ4v) is 6.28. The molecule has 2 aliphatic rings. The molecule has 0 bridgehead atoms. The summed E-state index contributed by atoms with van der Waals surface area (Å²) in [5.41, 5.74) is 3.04. The van der Waals surface area contributed by atoms with Gasteiger partial charge in [-0.3, -0.25) is 9.59 Å². The summed E-state index contributed by atoms with van der Waals surface area (Å²) in [7, 11) is 0. The van der Waals surface area contributed by atoms with Gasteiger partial charge in [0.2, 0.25) is 5.91 Å². The highest BCUT2D eigenvalue weighted by Crippen LogP contribution is 2.40. The summed E-state index contributed by atoms with van der Waals surface area (Å²) in [4.78, 5) is 41.6. The van der Waals surface area contributed by atoms with Crippen molar-refractivity contribution in [3.05, 3.63) is 71.3 Å². The monoisotopic (exact) mass is 599 g/mol. The molecule has 0 saturated carbocycles. The molecule has 2 fully saturated rings. The van der Waals surface area contributed by atoms with E-state index < -0.39 is 41.0 Å². The first-order chi connectivity index (χ1) is 20.2. The third-order valence-corrected chi connectivity index (χ3v) is 9.02. The van der Waals surface area contributed by atoms with Crippen molar-refractivity contribution in [1.82, 2.24) is 15.5 Å². The molecule has 3 amide bonds. The predicted molar refractivity (Wildman–Crippen MR) is 160 cm³/mol. The maximum absolute atomic E-state index is 13.8. The van der Waals surface area contributed by atoms with E-state index in [1.165, 1.54) is 16.7 Å². The number of hydrogen-bond donors (Lipinski definition) is 3. The summed E-state index contributed by atoms with van der Waals surface area (Å²) < 4.78 is 15.5. The normalized spacial score (nSPS) is 21.6. The fraction of sp³-hybridized carbons (Fsp3) is 0.516. The number of rotatable bonds is 10. The van der Waals surface area contributed by atoms with Gasteiger partial charge in [0, 0.05) is 17.7 Å². The largest absolute Gasteiger partial charge is 0.444 e. The number of nitrogens with one attached hydrogen (secondary N) is 2. The number of aliphatic hydroxyl groups is 1. The number of benzene rings is 2. The van der Waals surface area contributed by atoms with Gasteiger partial charge in [0.15, 0.2) is 6.10 Å². The van der Waals surface area contributed by atoms with Crippen LogP contribution in [0.15, 0.2) is 54.6 Å². The molecule has 10 nitrogen and oxygen atoms in total. The second kappa shape index (κ2) is 14.9. The third kappa shape index (κ3) is 8.47. The van der Waals surface area contributed by atoms with E-state index in [2.05, 4.69) is 10.6 Å². The SMILES string of the molecule is Cc1ccccc1CNC(=O)[C@H]1N(C(=O)[C@@H](O)[C@H](CCc2ccccc2)NC(=O)O[C@@H]2CCOCOC2)CSC1(C)C. The zero-order chi connectivity index (χ0) is 30.1. The first kappa shape index (κ1) is 31.8. The van der Waals surface area contributed by atoms with Gasteiger partial charge in [0.05, 0.1) is 25.1 Å². The van der Waals surface area contributed by atoms with E-state index >= 15 is 0 Å². The summed E-state index contributed by atoms with van der Waals surface area (Å²) in [5.74, 6) is -0.674. The highest BCUT2D eigenvalue weighted by atomic mass is 32.2. The van der Waals surface area contributed by atoms with Gasteiger partial charge in [0.25, 0.3) is 5.91 Å². The Kier molecular flexibility index (Phi) is 11.3. The van der Waals surface area contributed by atoms with Crippen molar-refractivity contribution in [2.75, 3.05) is 25.9 Å². The molecule has 0 aliphatic carbocycles. The second-order valence-corrected chi connectivity index (χ2v) is 12.8. The number of amides is 3. The van der Waals surface area contributed by atoms with Gasteiger partial charge < -0.3 is 34.9 Å². The lowest BCUT2D eigenvalue weighted by Gasteiger charge is -2.33. The Labute approximate surface area is 251 Å². The number of aliphatic hydroxyl groups excluding tert-OH is 1. The average Bonchev–Trinajstić information content (AvgIpc) is 3.11. The maximum Gasteiger partial charge on any atom is 0.407 e. The Morgan fingerprint density at radius 2 is 1.86 bits per heavy atom. The topological polar surface area (TPSA) is 126 Å². The highest BCUT2D eigenvalue weighted by molar-refractivity contribution is 8.00. The average molecular weight is 600 g/mol. The van der Waals surface area contributed by atoms with Crippen LogP contribution in [0.4, 0.5) is 4.79 Å². The Bertz CT molecular complexity index is 1200. The van der Waals surface area contributed by atoms with Crippen LogP contribution in [0.5, 0.6) is 0 Å². The van der Waals surface area contributed by atoms with Crippen molar-refractivity contribution in [2.45, 2.75) is 75.6 Å². The van der Waals surface area contributed by atoms with E-state index in [4.69, 9.17) is 14.2 Å². The molecular formula is C31H41N3O7S. The lowest BCUT2D eigenvalue weighted by Crippen LogP contribution is -2.58. The Morgan fingerprint density at radius 3 is 2.62 bits per heavy atom. The zero-order valence-corrected chi connectivity index (χ0v) is 25.2. The molecule has 2 saturated heterocycles. The van der Waals surface area contributed by atoms with Crippen molar-refractivity contribution in [3.8, 4) is 0 Å². The van der Waals surface area contributed by atoms with E-state index in [1.807, 2.05) is 75.4 Å². The minimum Gasteiger partial charge on any atom is -0.444 e. The number of hydrogen-bond acceptors (Lipinski definition) is 8. The first-order valence-corrected chi connectivity index (χ1v) is 15.3. The predicted octanol–water partition coefficient (Wildman–Crippen LogP) is 3.14. The van der Waals surface area contributed by atoms with Crippen molar-refractivity contribution in [2.24, 2.45) is 0 Å². The molecule has 4 atom stereocenters. The molecule has 11 heteroatoms. The van der Waals surface area contributed by atoms with Gasteiger partial charge >= 0.3 is 6.09 Å². The van der Waals surface area contributed by atoms with Crippen molar-refractivity contribution in [1.29, 1.82) is 0 Å². The number of nitrogens with zero attached hydrogens (tertiary/aromatic N) is 1. The van der Waals surface area contributed by atoms with Crippen LogP contribution in [-0.4, -0.2) is 82.8 Å². The van der Waals surface area contributed by atoms with Crippen LogP contribution in [0.3, 0.4) is 0 Å². The smallest absolute Gasteiger partial charge is 0.407 e. The summed E-state index contributed by atoms with van der Waals surface area (Å²) in [6.07, 6.45) is -1.58. The van der Waals surface area contributed by atoms with Gasteiger partial charge in [-0.05, 0) is 50.3 Å². The van der Waals surface area contributed by atoms with Crippen LogP contribution in [0.2, 0.25) is 0 Å². The minimum atomic E-state index is -1.59. The molecular weight excluding hydrogens is 558 g/mol. The molecule has 2 aromatic carbocycles. The number of alkyl carbamates (subject to hydrolysis) is 1. The van der Waals surface area contributed by atoms with Crippen LogP contribution in [0.1, 0.15) is 43.4 Å². The fourth-order valence-electron chi connectivity index (χ4n) is 5.14. The number of carbonyl (C=O) groups is 3. The molecule has 0 unspecified atom stereocenters. The first-order valence-electron chi connectivity index (χ1n) is 14.3. The van der Waals surface area contributed by atoms with Crippen LogP contribution >= 0.6 is 11.8 Å². The number of carbonyl (C=O) groups excluding carboxylic acids is 3. The number of aryl methyl sites for hydroxylation is 2. The summed E-state index contributed by atoms with van der Waals surface area (Å²) >= 11 is 1.47. The van der Waals surface area contributed by atoms with E-state index in [0.29, 0.717) is 26.0 Å². The lowest BCUT2D eigenvalue weighted by atomic mass is 9.97. The molecule has 2 aliphatic heterocycles. The molecule has 2 heterocycles. The summed E-state index contributed by atoms with van der Waals surface area (Å²) in [5, 5.41) is 17.1. The Morgan fingerprint density at radius 1 is 1.12 bits per heavy atom.